The van der Waals surface area contributed by atoms with E-state index in [9.17, 15) is 8.78 Å². The summed E-state index contributed by atoms with van der Waals surface area (Å²) in [5, 5.41) is 0. The average molecular weight is 173 g/mol. The molecule has 0 aliphatic rings. The second-order valence-electron chi connectivity index (χ2n) is 2.44. The van der Waals surface area contributed by atoms with Crippen molar-refractivity contribution in [3.63, 3.8) is 0 Å². The van der Waals surface area contributed by atoms with E-state index in [0.29, 0.717) is 5.56 Å². The van der Waals surface area contributed by atoms with Crippen LogP contribution in [0, 0.1) is 6.92 Å². The SMILES string of the molecule is Cc1c(C(F)F)cnc(N)c1N. The Morgan fingerprint density at radius 2 is 2.00 bits per heavy atom. The van der Waals surface area contributed by atoms with Crippen molar-refractivity contribution in [3.8, 4) is 0 Å². The van der Waals surface area contributed by atoms with Crippen molar-refractivity contribution in [2.45, 2.75) is 13.3 Å². The molecule has 1 rings (SSSR count). The van der Waals surface area contributed by atoms with Gasteiger partial charge in [-0.2, -0.15) is 0 Å². The van der Waals surface area contributed by atoms with Crippen LogP contribution in [0.15, 0.2) is 6.20 Å². The number of nitrogen functional groups attached to an aromatic ring is 2. The molecule has 0 atom stereocenters. The summed E-state index contributed by atoms with van der Waals surface area (Å²) in [5.74, 6) is 0.0944. The predicted octanol–water partition coefficient (Wildman–Crippen LogP) is 1.49. The number of pyridine rings is 1. The van der Waals surface area contributed by atoms with E-state index >= 15 is 0 Å². The summed E-state index contributed by atoms with van der Waals surface area (Å²) in [5.41, 5.74) is 11.0. The van der Waals surface area contributed by atoms with E-state index in [1.165, 1.54) is 6.92 Å². The van der Waals surface area contributed by atoms with E-state index in [1.807, 2.05) is 0 Å². The van der Waals surface area contributed by atoms with Crippen LogP contribution in [0.3, 0.4) is 0 Å². The number of halogens is 2. The maximum atomic E-state index is 12.2. The largest absolute Gasteiger partial charge is 0.396 e. The number of hydrogen-bond donors (Lipinski definition) is 2. The van der Waals surface area contributed by atoms with Gasteiger partial charge in [0.05, 0.1) is 5.69 Å². The average Bonchev–Trinajstić information content (AvgIpc) is 2.00. The van der Waals surface area contributed by atoms with E-state index < -0.39 is 6.43 Å². The van der Waals surface area contributed by atoms with Crippen LogP contribution >= 0.6 is 0 Å². The molecule has 1 aromatic heterocycles. The van der Waals surface area contributed by atoms with Crippen LogP contribution in [0.2, 0.25) is 0 Å². The van der Waals surface area contributed by atoms with Gasteiger partial charge in [-0.05, 0) is 12.5 Å². The van der Waals surface area contributed by atoms with Gasteiger partial charge in [0.25, 0.3) is 6.43 Å². The molecule has 4 N–H and O–H groups in total. The zero-order chi connectivity index (χ0) is 9.30. The molecule has 1 heterocycles. The van der Waals surface area contributed by atoms with E-state index in [2.05, 4.69) is 4.98 Å². The monoisotopic (exact) mass is 173 g/mol. The molecule has 0 amide bonds. The zero-order valence-electron chi connectivity index (χ0n) is 6.51. The fraction of sp³-hybridized carbons (Fsp3) is 0.286. The Balaban J connectivity index is 3.27. The van der Waals surface area contributed by atoms with Crippen LogP contribution < -0.4 is 11.5 Å². The van der Waals surface area contributed by atoms with Crippen molar-refractivity contribution in [2.24, 2.45) is 0 Å². The van der Waals surface area contributed by atoms with Crippen molar-refractivity contribution in [1.82, 2.24) is 4.98 Å². The second-order valence-corrected chi connectivity index (χ2v) is 2.44. The van der Waals surface area contributed by atoms with Gasteiger partial charge in [-0.3, -0.25) is 0 Å². The normalized spacial score (nSPS) is 10.7. The lowest BCUT2D eigenvalue weighted by atomic mass is 10.1. The topological polar surface area (TPSA) is 64.9 Å². The van der Waals surface area contributed by atoms with Crippen molar-refractivity contribution >= 4 is 11.5 Å². The molecule has 66 valence electrons. The fourth-order valence-corrected chi connectivity index (χ4v) is 0.873. The van der Waals surface area contributed by atoms with Gasteiger partial charge >= 0.3 is 0 Å². The highest BCUT2D eigenvalue weighted by molar-refractivity contribution is 5.64. The highest BCUT2D eigenvalue weighted by Gasteiger charge is 2.14. The van der Waals surface area contributed by atoms with E-state index in [1.54, 1.807) is 0 Å². The number of alkyl halides is 2. The van der Waals surface area contributed by atoms with Gasteiger partial charge in [-0.15, -0.1) is 0 Å². The van der Waals surface area contributed by atoms with Crippen molar-refractivity contribution < 1.29 is 8.78 Å². The van der Waals surface area contributed by atoms with Gasteiger partial charge in [0.15, 0.2) is 0 Å². The standard InChI is InChI=1S/C7H9F2N3/c1-3-4(6(8)9)2-12-7(11)5(3)10/h2,6H,10H2,1H3,(H2,11,12). The molecule has 12 heavy (non-hydrogen) atoms. The Morgan fingerprint density at radius 1 is 1.42 bits per heavy atom. The molecular weight excluding hydrogens is 164 g/mol. The van der Waals surface area contributed by atoms with Crippen LogP contribution in [-0.2, 0) is 0 Å². The van der Waals surface area contributed by atoms with Crippen LogP contribution in [0.5, 0.6) is 0 Å². The number of nitrogens with two attached hydrogens (primary N) is 2. The Bertz CT molecular complexity index is 299. The van der Waals surface area contributed by atoms with Gasteiger partial charge in [0, 0.05) is 11.8 Å². The van der Waals surface area contributed by atoms with Gasteiger partial charge in [-0.25, -0.2) is 13.8 Å². The van der Waals surface area contributed by atoms with E-state index in [-0.39, 0.29) is 17.1 Å². The molecule has 1 aromatic rings. The van der Waals surface area contributed by atoms with Crippen LogP contribution in [-0.4, -0.2) is 4.98 Å². The van der Waals surface area contributed by atoms with E-state index in [4.69, 9.17) is 11.5 Å². The summed E-state index contributed by atoms with van der Waals surface area (Å²) in [6.45, 7) is 1.49. The predicted molar refractivity (Wildman–Crippen MR) is 42.8 cm³/mol. The summed E-state index contributed by atoms with van der Waals surface area (Å²) < 4.78 is 24.4. The van der Waals surface area contributed by atoms with Crippen LogP contribution in [0.4, 0.5) is 20.3 Å². The highest BCUT2D eigenvalue weighted by atomic mass is 19.3. The first-order valence-corrected chi connectivity index (χ1v) is 3.32. The first-order chi connectivity index (χ1) is 5.54. The van der Waals surface area contributed by atoms with E-state index in [0.717, 1.165) is 6.20 Å². The summed E-state index contributed by atoms with van der Waals surface area (Å²) in [4.78, 5) is 3.53. The number of anilines is 2. The molecule has 0 saturated heterocycles. The fourth-order valence-electron chi connectivity index (χ4n) is 0.873. The molecule has 0 radical (unpaired) electrons. The van der Waals surface area contributed by atoms with Gasteiger partial charge < -0.3 is 11.5 Å². The third-order valence-corrected chi connectivity index (χ3v) is 1.69. The molecule has 0 saturated carbocycles. The van der Waals surface area contributed by atoms with Crippen LogP contribution in [0.25, 0.3) is 0 Å². The maximum Gasteiger partial charge on any atom is 0.265 e. The lowest BCUT2D eigenvalue weighted by molar-refractivity contribution is 0.150. The summed E-state index contributed by atoms with van der Waals surface area (Å²) >= 11 is 0. The minimum atomic E-state index is -2.56. The maximum absolute atomic E-state index is 12.2. The van der Waals surface area contributed by atoms with Gasteiger partial charge in [0.2, 0.25) is 0 Å². The summed E-state index contributed by atoms with van der Waals surface area (Å²) in [6, 6.07) is 0. The van der Waals surface area contributed by atoms with Crippen molar-refractivity contribution in [2.75, 3.05) is 11.5 Å². The molecular formula is C7H9F2N3. The Kier molecular flexibility index (Phi) is 2.12. The molecule has 0 aliphatic heterocycles. The second kappa shape index (κ2) is 2.92. The lowest BCUT2D eigenvalue weighted by Gasteiger charge is -2.08. The molecule has 5 heteroatoms. The molecule has 0 aliphatic carbocycles. The Hall–Kier alpha value is -1.39. The first-order valence-electron chi connectivity index (χ1n) is 3.32. The highest BCUT2D eigenvalue weighted by Crippen LogP contribution is 2.27. The first kappa shape index (κ1) is 8.70. The Morgan fingerprint density at radius 3 is 2.50 bits per heavy atom. The third-order valence-electron chi connectivity index (χ3n) is 1.69. The Labute approximate surface area is 68.4 Å². The lowest BCUT2D eigenvalue weighted by Crippen LogP contribution is -2.03. The molecule has 0 aromatic carbocycles. The third kappa shape index (κ3) is 1.30. The summed E-state index contributed by atoms with van der Waals surface area (Å²) in [6.07, 6.45) is -1.51. The smallest absolute Gasteiger partial charge is 0.265 e. The number of hydrogen-bond acceptors (Lipinski definition) is 3. The molecule has 0 unspecified atom stereocenters. The van der Waals surface area contributed by atoms with Gasteiger partial charge in [-0.1, -0.05) is 0 Å². The molecule has 0 fully saturated rings. The van der Waals surface area contributed by atoms with Crippen LogP contribution in [0.1, 0.15) is 17.6 Å². The minimum Gasteiger partial charge on any atom is -0.396 e. The number of aromatic nitrogens is 1. The molecule has 3 nitrogen and oxygen atoms in total. The van der Waals surface area contributed by atoms with Crippen molar-refractivity contribution in [3.05, 3.63) is 17.3 Å². The van der Waals surface area contributed by atoms with Gasteiger partial charge in [0.1, 0.15) is 5.82 Å². The van der Waals surface area contributed by atoms with Crippen molar-refractivity contribution in [1.29, 1.82) is 0 Å². The summed E-state index contributed by atoms with van der Waals surface area (Å²) in [7, 11) is 0. The minimum absolute atomic E-state index is 0.0944. The number of nitrogens with zero attached hydrogens (tertiary/aromatic N) is 1. The number of rotatable bonds is 1. The zero-order valence-corrected chi connectivity index (χ0v) is 6.51. The molecule has 0 spiro atoms. The quantitative estimate of drug-likeness (QED) is 0.676. The molecule has 0 bridgehead atoms.